The van der Waals surface area contributed by atoms with Crippen LogP contribution in [0.4, 0.5) is 0 Å². The van der Waals surface area contributed by atoms with E-state index in [9.17, 15) is 4.79 Å². The highest BCUT2D eigenvalue weighted by Gasteiger charge is 2.31. The van der Waals surface area contributed by atoms with Crippen molar-refractivity contribution in [1.82, 2.24) is 0 Å². The van der Waals surface area contributed by atoms with E-state index >= 15 is 0 Å². The number of quaternary nitrogens is 1. The molecule has 0 amide bonds. The lowest BCUT2D eigenvalue weighted by molar-refractivity contribution is -0.923. The van der Waals surface area contributed by atoms with E-state index in [1.54, 1.807) is 6.07 Å². The largest absolute Gasteiger partial charge is 1.00 e. The van der Waals surface area contributed by atoms with Crippen molar-refractivity contribution < 1.29 is 35.4 Å². The summed E-state index contributed by atoms with van der Waals surface area (Å²) in [6, 6.07) is 3.66. The van der Waals surface area contributed by atoms with Crippen molar-refractivity contribution in [3.63, 3.8) is 0 Å². The molecule has 0 saturated heterocycles. The van der Waals surface area contributed by atoms with E-state index in [-0.39, 0.29) is 28.2 Å². The molecule has 0 unspecified atom stereocenters. The highest BCUT2D eigenvalue weighted by atomic mass is 79.9. The number of benzene rings is 1. The highest BCUT2D eigenvalue weighted by Crippen LogP contribution is 2.45. The quantitative estimate of drug-likeness (QED) is 0.176. The summed E-state index contributed by atoms with van der Waals surface area (Å²) in [6.07, 6.45) is 12.0. The maximum atomic E-state index is 12.1. The third-order valence-electron chi connectivity index (χ3n) is 8.39. The summed E-state index contributed by atoms with van der Waals surface area (Å²) in [5.41, 5.74) is 1.98. The summed E-state index contributed by atoms with van der Waals surface area (Å²) in [6.45, 7) is 18.9. The molecule has 0 atom stereocenters. The van der Waals surface area contributed by atoms with Crippen LogP contribution in [-0.4, -0.2) is 42.9 Å². The molecule has 0 N–H and O–H groups in total. The Morgan fingerprint density at radius 3 is 2.14 bits per heavy atom. The maximum absolute atomic E-state index is 12.1. The lowest BCUT2D eigenvalue weighted by Crippen LogP contribution is -3.00. The molecule has 0 aliphatic carbocycles. The van der Waals surface area contributed by atoms with Crippen LogP contribution in [0.5, 0.6) is 11.5 Å². The molecule has 5 nitrogen and oxygen atoms in total. The first-order chi connectivity index (χ1) is 17.2. The van der Waals surface area contributed by atoms with Crippen molar-refractivity contribution in [3.8, 4) is 11.5 Å². The zero-order valence-corrected chi connectivity index (χ0v) is 25.8. The molecule has 2 aromatic rings. The van der Waals surface area contributed by atoms with Gasteiger partial charge in [0.05, 0.1) is 32.8 Å². The molecular weight excluding hydrogens is 530 g/mol. The molecule has 0 bridgehead atoms. The Hall–Kier alpha value is -1.53. The van der Waals surface area contributed by atoms with E-state index in [0.29, 0.717) is 17.9 Å². The van der Waals surface area contributed by atoms with E-state index in [4.69, 9.17) is 13.9 Å². The summed E-state index contributed by atoms with van der Waals surface area (Å²) >= 11 is 0. The van der Waals surface area contributed by atoms with Crippen molar-refractivity contribution in [3.05, 3.63) is 33.7 Å². The van der Waals surface area contributed by atoms with Gasteiger partial charge in [0.1, 0.15) is 5.60 Å². The number of aryl methyl sites for hydroxylation is 2. The monoisotopic (exact) mass is 579 g/mol. The van der Waals surface area contributed by atoms with Gasteiger partial charge in [0.2, 0.25) is 5.75 Å². The smallest absolute Gasteiger partial charge is 0.336 e. The number of nitrogens with zero attached hydrogens (tertiary/aromatic N) is 1. The van der Waals surface area contributed by atoms with Crippen LogP contribution in [0.1, 0.15) is 104 Å². The predicted octanol–water partition coefficient (Wildman–Crippen LogP) is 4.59. The van der Waals surface area contributed by atoms with Crippen LogP contribution >= 0.6 is 0 Å². The lowest BCUT2D eigenvalue weighted by atomic mass is 9.92. The predicted molar refractivity (Wildman–Crippen MR) is 149 cm³/mol. The van der Waals surface area contributed by atoms with Crippen LogP contribution in [0.2, 0.25) is 0 Å². The molecular formula is C31H50BrNO4. The Kier molecular flexibility index (Phi) is 12.5. The Morgan fingerprint density at radius 2 is 1.51 bits per heavy atom. The molecule has 210 valence electrons. The van der Waals surface area contributed by atoms with Crippen molar-refractivity contribution in [2.75, 3.05) is 32.8 Å². The maximum Gasteiger partial charge on any atom is 0.336 e. The highest BCUT2D eigenvalue weighted by molar-refractivity contribution is 5.89. The number of hydrogen-bond acceptors (Lipinski definition) is 4. The van der Waals surface area contributed by atoms with Crippen LogP contribution in [0.3, 0.4) is 0 Å². The zero-order valence-electron chi connectivity index (χ0n) is 24.2. The van der Waals surface area contributed by atoms with Crippen LogP contribution in [-0.2, 0) is 6.42 Å². The fraction of sp³-hybridized carbons (Fsp3) is 0.710. The van der Waals surface area contributed by atoms with Crippen molar-refractivity contribution >= 4 is 11.0 Å². The summed E-state index contributed by atoms with van der Waals surface area (Å²) in [7, 11) is 0. The van der Waals surface area contributed by atoms with Crippen LogP contribution in [0.15, 0.2) is 21.3 Å². The van der Waals surface area contributed by atoms with Gasteiger partial charge in [0, 0.05) is 11.5 Å². The van der Waals surface area contributed by atoms with Gasteiger partial charge in [-0.3, -0.25) is 0 Å². The minimum atomic E-state index is -0.344. The van der Waals surface area contributed by atoms with Crippen LogP contribution < -0.4 is 32.1 Å². The second-order valence-electron chi connectivity index (χ2n) is 11.4. The Morgan fingerprint density at radius 1 is 0.919 bits per heavy atom. The van der Waals surface area contributed by atoms with Crippen molar-refractivity contribution in [1.29, 1.82) is 0 Å². The molecule has 0 fully saturated rings. The van der Waals surface area contributed by atoms with Gasteiger partial charge in [-0.05, 0) is 90.8 Å². The number of rotatable bonds is 15. The first kappa shape index (κ1) is 31.7. The Labute approximate surface area is 235 Å². The second-order valence-corrected chi connectivity index (χ2v) is 11.4. The molecule has 0 saturated carbocycles. The first-order valence-corrected chi connectivity index (χ1v) is 14.5. The van der Waals surface area contributed by atoms with Gasteiger partial charge in [0.15, 0.2) is 11.3 Å². The number of hydrogen-bond donors (Lipinski definition) is 0. The van der Waals surface area contributed by atoms with Gasteiger partial charge < -0.3 is 35.4 Å². The molecule has 3 rings (SSSR count). The minimum Gasteiger partial charge on any atom is -1.00 e. The third-order valence-corrected chi connectivity index (χ3v) is 8.39. The lowest BCUT2D eigenvalue weighted by Gasteiger charge is -2.35. The SMILES string of the molecule is CC[N+](CC)(CC)CCCCCCCCCCOc1c2c(cc3c(C)cc(=O)oc13)CCC(C)(C)O2.[Br-]. The summed E-state index contributed by atoms with van der Waals surface area (Å²) in [5, 5.41) is 0.944. The van der Waals surface area contributed by atoms with Gasteiger partial charge in [-0.1, -0.05) is 32.1 Å². The fourth-order valence-corrected chi connectivity index (χ4v) is 5.58. The van der Waals surface area contributed by atoms with Gasteiger partial charge in [-0.25, -0.2) is 4.79 Å². The van der Waals surface area contributed by atoms with Gasteiger partial charge in [-0.2, -0.15) is 0 Å². The number of fused-ring (bicyclic) bond motifs is 2. The van der Waals surface area contributed by atoms with Crippen molar-refractivity contribution in [2.45, 2.75) is 111 Å². The van der Waals surface area contributed by atoms with E-state index in [2.05, 4.69) is 40.7 Å². The van der Waals surface area contributed by atoms with Crippen molar-refractivity contribution in [2.24, 2.45) is 0 Å². The minimum absolute atomic E-state index is 0. The van der Waals surface area contributed by atoms with E-state index in [1.165, 1.54) is 69.2 Å². The molecule has 1 aliphatic rings. The average Bonchev–Trinajstić information content (AvgIpc) is 2.85. The standard InChI is InChI=1S/C31H50NO4.BrH/c1-7-32(8-2,9-3)20-16-14-12-10-11-13-15-17-21-34-30-28-25(18-19-31(5,6)36-28)23-26-24(4)22-27(33)35-29(26)30;/h22-23H,7-21H2,1-6H3;1H/q+1;/p-1. The normalized spacial score (nSPS) is 14.6. The average molecular weight is 581 g/mol. The number of ether oxygens (including phenoxy) is 2. The molecule has 2 heterocycles. The Balaban J connectivity index is 0.00000481. The summed E-state index contributed by atoms with van der Waals surface area (Å²) < 4.78 is 19.5. The zero-order chi connectivity index (χ0) is 26.2. The molecule has 0 spiro atoms. The number of halogens is 1. The van der Waals surface area contributed by atoms with E-state index < -0.39 is 0 Å². The molecule has 1 aromatic carbocycles. The van der Waals surface area contributed by atoms with Gasteiger partial charge in [-0.15, -0.1) is 0 Å². The van der Waals surface area contributed by atoms with Crippen LogP contribution in [0, 0.1) is 6.92 Å². The second kappa shape index (κ2) is 14.6. The van der Waals surface area contributed by atoms with E-state index in [0.717, 1.165) is 47.9 Å². The Bertz CT molecular complexity index is 1030. The van der Waals surface area contributed by atoms with Crippen LogP contribution in [0.25, 0.3) is 11.0 Å². The summed E-state index contributed by atoms with van der Waals surface area (Å²) in [4.78, 5) is 12.1. The van der Waals surface area contributed by atoms with Gasteiger partial charge in [0.25, 0.3) is 0 Å². The topological polar surface area (TPSA) is 48.7 Å². The molecule has 37 heavy (non-hydrogen) atoms. The first-order valence-electron chi connectivity index (χ1n) is 14.5. The number of unbranched alkanes of at least 4 members (excludes halogenated alkanes) is 7. The van der Waals surface area contributed by atoms with E-state index in [1.807, 2.05) is 6.92 Å². The molecule has 0 radical (unpaired) electrons. The molecule has 1 aliphatic heterocycles. The van der Waals surface area contributed by atoms with Gasteiger partial charge >= 0.3 is 5.63 Å². The fourth-order valence-electron chi connectivity index (χ4n) is 5.58. The summed E-state index contributed by atoms with van der Waals surface area (Å²) in [5.74, 6) is 1.36. The molecule has 6 heteroatoms. The third kappa shape index (κ3) is 8.48. The molecule has 1 aromatic heterocycles.